The Bertz CT molecular complexity index is 505. The van der Waals surface area contributed by atoms with Gasteiger partial charge >= 0.3 is 11.9 Å². The van der Waals surface area contributed by atoms with Gasteiger partial charge < -0.3 is 14.6 Å². The molecular weight excluding hydrogens is 284 g/mol. The Labute approximate surface area is 131 Å². The third-order valence-electron chi connectivity index (χ3n) is 4.41. The molecule has 5 heteroatoms. The van der Waals surface area contributed by atoms with Crippen LogP contribution in [-0.4, -0.2) is 35.4 Å². The predicted octanol–water partition coefficient (Wildman–Crippen LogP) is 2.14. The van der Waals surface area contributed by atoms with Crippen LogP contribution in [0, 0.1) is 11.8 Å². The molecule has 1 aliphatic carbocycles. The van der Waals surface area contributed by atoms with Crippen molar-refractivity contribution in [1.82, 2.24) is 0 Å². The van der Waals surface area contributed by atoms with Gasteiger partial charge in [-0.1, -0.05) is 19.6 Å². The summed E-state index contributed by atoms with van der Waals surface area (Å²) in [5, 5.41) is 9.66. The molecule has 5 atom stereocenters. The SMILES string of the molecule is C=C1C(=O)O[C@@H]2C[C@H](C)C(C(CC(C)O)OC(C)=O)=CC[C@H]12. The molecule has 2 unspecified atom stereocenters. The minimum Gasteiger partial charge on any atom is -0.458 e. The maximum Gasteiger partial charge on any atom is 0.334 e. The zero-order valence-electron chi connectivity index (χ0n) is 13.4. The van der Waals surface area contributed by atoms with Crippen LogP contribution >= 0.6 is 0 Å². The van der Waals surface area contributed by atoms with Crippen molar-refractivity contribution < 1.29 is 24.2 Å². The Balaban J connectivity index is 2.21. The van der Waals surface area contributed by atoms with E-state index in [1.54, 1.807) is 6.92 Å². The van der Waals surface area contributed by atoms with Gasteiger partial charge in [-0.25, -0.2) is 4.79 Å². The number of fused-ring (bicyclic) bond motifs is 1. The third kappa shape index (κ3) is 3.58. The van der Waals surface area contributed by atoms with Gasteiger partial charge in [-0.2, -0.15) is 0 Å². The maximum absolute atomic E-state index is 11.6. The molecule has 1 fully saturated rings. The number of ether oxygens (including phenoxy) is 2. The van der Waals surface area contributed by atoms with Crippen molar-refractivity contribution in [3.05, 3.63) is 23.8 Å². The van der Waals surface area contributed by atoms with E-state index in [0.29, 0.717) is 24.8 Å². The summed E-state index contributed by atoms with van der Waals surface area (Å²) >= 11 is 0. The van der Waals surface area contributed by atoms with Crippen LogP contribution in [0.2, 0.25) is 0 Å². The molecule has 0 aromatic carbocycles. The molecule has 1 aliphatic heterocycles. The fourth-order valence-electron chi connectivity index (χ4n) is 3.34. The van der Waals surface area contributed by atoms with E-state index in [9.17, 15) is 14.7 Å². The van der Waals surface area contributed by atoms with Crippen molar-refractivity contribution >= 4 is 11.9 Å². The smallest absolute Gasteiger partial charge is 0.334 e. The highest BCUT2D eigenvalue weighted by molar-refractivity contribution is 5.90. The Morgan fingerprint density at radius 1 is 1.59 bits per heavy atom. The average Bonchev–Trinajstić information content (AvgIpc) is 2.56. The lowest BCUT2D eigenvalue weighted by Crippen LogP contribution is -2.27. The topological polar surface area (TPSA) is 72.8 Å². The van der Waals surface area contributed by atoms with Crippen LogP contribution in [0.1, 0.15) is 40.0 Å². The van der Waals surface area contributed by atoms with Crippen LogP contribution in [0.15, 0.2) is 23.8 Å². The number of hydrogen-bond donors (Lipinski definition) is 1. The van der Waals surface area contributed by atoms with E-state index >= 15 is 0 Å². The summed E-state index contributed by atoms with van der Waals surface area (Å²) in [5.74, 6) is -0.563. The van der Waals surface area contributed by atoms with E-state index in [4.69, 9.17) is 9.47 Å². The Hall–Kier alpha value is -1.62. The van der Waals surface area contributed by atoms with E-state index in [-0.39, 0.29) is 29.9 Å². The summed E-state index contributed by atoms with van der Waals surface area (Å²) in [5.41, 5.74) is 1.52. The van der Waals surface area contributed by atoms with Crippen molar-refractivity contribution in [2.45, 2.75) is 58.3 Å². The molecule has 0 radical (unpaired) electrons. The largest absolute Gasteiger partial charge is 0.458 e. The number of carbonyl (C=O) groups excluding carboxylic acids is 2. The third-order valence-corrected chi connectivity index (χ3v) is 4.41. The molecule has 2 aliphatic rings. The molecule has 0 spiro atoms. The van der Waals surface area contributed by atoms with Crippen LogP contribution < -0.4 is 0 Å². The van der Waals surface area contributed by atoms with E-state index in [2.05, 4.69) is 6.58 Å². The summed E-state index contributed by atoms with van der Waals surface area (Å²) in [7, 11) is 0. The first-order valence-electron chi connectivity index (χ1n) is 7.74. The number of hydrogen-bond acceptors (Lipinski definition) is 5. The number of allylic oxidation sites excluding steroid dienone is 1. The summed E-state index contributed by atoms with van der Waals surface area (Å²) in [6, 6.07) is 0. The molecule has 0 aromatic rings. The van der Waals surface area contributed by atoms with E-state index in [0.717, 1.165) is 5.57 Å². The lowest BCUT2D eigenvalue weighted by Gasteiger charge is -2.26. The Morgan fingerprint density at radius 2 is 2.27 bits per heavy atom. The molecule has 0 aromatic heterocycles. The number of esters is 2. The molecule has 0 amide bonds. The fourth-order valence-corrected chi connectivity index (χ4v) is 3.34. The standard InChI is InChI=1S/C17H24O5/c1-9-7-15-14(11(3)17(20)22-15)6-5-13(9)16(8-10(2)18)21-12(4)19/h5,9-10,14-16,18H,3,6-8H2,1-2,4H3/t9-,10?,14+,15+,16?/m0/s1. The van der Waals surface area contributed by atoms with Gasteiger partial charge in [-0.3, -0.25) is 4.79 Å². The molecule has 1 N–H and O–H groups in total. The summed E-state index contributed by atoms with van der Waals surface area (Å²) < 4.78 is 10.8. The van der Waals surface area contributed by atoms with E-state index < -0.39 is 12.2 Å². The van der Waals surface area contributed by atoms with Gasteiger partial charge in [0.05, 0.1) is 6.10 Å². The number of aliphatic hydroxyl groups is 1. The Morgan fingerprint density at radius 3 is 2.86 bits per heavy atom. The van der Waals surface area contributed by atoms with Gasteiger partial charge in [0.1, 0.15) is 12.2 Å². The van der Waals surface area contributed by atoms with Gasteiger partial charge in [-0.05, 0) is 31.3 Å². The van der Waals surface area contributed by atoms with Crippen LogP contribution in [-0.2, 0) is 19.1 Å². The second-order valence-electron chi connectivity index (χ2n) is 6.33. The van der Waals surface area contributed by atoms with Gasteiger partial charge in [-0.15, -0.1) is 0 Å². The van der Waals surface area contributed by atoms with Crippen LogP contribution in [0.5, 0.6) is 0 Å². The Kier molecular flexibility index (Phi) is 5.06. The molecule has 0 bridgehead atoms. The zero-order chi connectivity index (χ0) is 16.4. The highest BCUT2D eigenvalue weighted by atomic mass is 16.6. The summed E-state index contributed by atoms with van der Waals surface area (Å²) in [4.78, 5) is 23.0. The van der Waals surface area contributed by atoms with Crippen LogP contribution in [0.3, 0.4) is 0 Å². The van der Waals surface area contributed by atoms with E-state index in [1.807, 2.05) is 13.0 Å². The van der Waals surface area contributed by atoms with Crippen LogP contribution in [0.4, 0.5) is 0 Å². The molecule has 1 heterocycles. The normalized spacial score (nSPS) is 30.7. The first-order valence-corrected chi connectivity index (χ1v) is 7.74. The van der Waals surface area contributed by atoms with Gasteiger partial charge in [0.25, 0.3) is 0 Å². The number of aliphatic hydroxyl groups excluding tert-OH is 1. The highest BCUT2D eigenvalue weighted by Crippen LogP contribution is 2.39. The lowest BCUT2D eigenvalue weighted by molar-refractivity contribution is -0.145. The van der Waals surface area contributed by atoms with Gasteiger partial charge in [0, 0.05) is 24.8 Å². The van der Waals surface area contributed by atoms with Crippen LogP contribution in [0.25, 0.3) is 0 Å². The lowest BCUT2D eigenvalue weighted by atomic mass is 9.88. The van der Waals surface area contributed by atoms with Crippen molar-refractivity contribution in [2.24, 2.45) is 11.8 Å². The van der Waals surface area contributed by atoms with Crippen molar-refractivity contribution in [3.63, 3.8) is 0 Å². The number of carbonyl (C=O) groups is 2. The quantitative estimate of drug-likeness (QED) is 0.489. The van der Waals surface area contributed by atoms with Crippen molar-refractivity contribution in [3.8, 4) is 0 Å². The maximum atomic E-state index is 11.6. The first-order chi connectivity index (χ1) is 10.3. The second kappa shape index (κ2) is 6.65. The molecular formula is C17H24O5. The summed E-state index contributed by atoms with van der Waals surface area (Å²) in [6.45, 7) is 8.90. The minimum atomic E-state index is -0.562. The van der Waals surface area contributed by atoms with E-state index in [1.165, 1.54) is 6.92 Å². The molecule has 2 rings (SSSR count). The molecule has 0 saturated carbocycles. The highest BCUT2D eigenvalue weighted by Gasteiger charge is 2.41. The number of rotatable bonds is 4. The monoisotopic (exact) mass is 308 g/mol. The van der Waals surface area contributed by atoms with Crippen molar-refractivity contribution in [2.75, 3.05) is 0 Å². The molecule has 1 saturated heterocycles. The molecule has 22 heavy (non-hydrogen) atoms. The van der Waals surface area contributed by atoms with Crippen molar-refractivity contribution in [1.29, 1.82) is 0 Å². The second-order valence-corrected chi connectivity index (χ2v) is 6.33. The average molecular weight is 308 g/mol. The van der Waals surface area contributed by atoms with Gasteiger partial charge in [0.2, 0.25) is 0 Å². The fraction of sp³-hybridized carbons (Fsp3) is 0.647. The molecule has 122 valence electrons. The van der Waals surface area contributed by atoms with Gasteiger partial charge in [0.15, 0.2) is 0 Å². The zero-order valence-corrected chi connectivity index (χ0v) is 13.4. The predicted molar refractivity (Wildman–Crippen MR) is 80.8 cm³/mol. The summed E-state index contributed by atoms with van der Waals surface area (Å²) in [6.07, 6.45) is 2.56. The molecule has 5 nitrogen and oxygen atoms in total. The first kappa shape index (κ1) is 16.7. The minimum absolute atomic E-state index is 0.00280.